The van der Waals surface area contributed by atoms with Gasteiger partial charge in [-0.3, -0.25) is 0 Å². The van der Waals surface area contributed by atoms with Gasteiger partial charge in [0, 0.05) is 23.2 Å². The Kier molecular flexibility index (Phi) is 4.71. The minimum Gasteiger partial charge on any atom is -0.370 e. The monoisotopic (exact) mass is 249 g/mol. The van der Waals surface area contributed by atoms with E-state index in [1.54, 1.807) is 0 Å². The first-order valence-electron chi connectivity index (χ1n) is 6.90. The molecule has 1 N–H and O–H groups in total. The van der Waals surface area contributed by atoms with Crippen molar-refractivity contribution in [1.82, 2.24) is 9.97 Å². The Labute approximate surface area is 111 Å². The second kappa shape index (κ2) is 5.68. The molecule has 0 atom stereocenters. The molecule has 0 aliphatic carbocycles. The quantitative estimate of drug-likeness (QED) is 0.875. The van der Waals surface area contributed by atoms with Crippen LogP contribution in [0, 0.1) is 6.92 Å². The van der Waals surface area contributed by atoms with E-state index in [0.717, 1.165) is 30.3 Å². The van der Waals surface area contributed by atoms with Gasteiger partial charge < -0.3 is 5.32 Å². The highest BCUT2D eigenvalue weighted by atomic mass is 15.0. The molecule has 18 heavy (non-hydrogen) atoms. The molecule has 0 aliphatic rings. The number of hydrogen-bond donors (Lipinski definition) is 1. The van der Waals surface area contributed by atoms with E-state index in [0.29, 0.717) is 5.92 Å². The number of rotatable bonds is 4. The first-order valence-corrected chi connectivity index (χ1v) is 6.90. The van der Waals surface area contributed by atoms with Crippen LogP contribution in [0.2, 0.25) is 0 Å². The van der Waals surface area contributed by atoms with Gasteiger partial charge in [0.05, 0.1) is 0 Å². The summed E-state index contributed by atoms with van der Waals surface area (Å²) in [5.41, 5.74) is 2.34. The normalized spacial score (nSPS) is 12.0. The number of hydrogen-bond acceptors (Lipinski definition) is 3. The fraction of sp³-hybridized carbons (Fsp3) is 0.733. The zero-order valence-corrected chi connectivity index (χ0v) is 12.9. The molecule has 0 unspecified atom stereocenters. The third-order valence-corrected chi connectivity index (χ3v) is 2.93. The third-order valence-electron chi connectivity index (χ3n) is 2.93. The zero-order chi connectivity index (χ0) is 13.9. The van der Waals surface area contributed by atoms with Gasteiger partial charge in [0.15, 0.2) is 0 Å². The van der Waals surface area contributed by atoms with Crippen molar-refractivity contribution in [3.63, 3.8) is 0 Å². The van der Waals surface area contributed by atoms with Crippen LogP contribution in [0.3, 0.4) is 0 Å². The highest BCUT2D eigenvalue weighted by Gasteiger charge is 2.21. The fourth-order valence-corrected chi connectivity index (χ4v) is 1.99. The summed E-state index contributed by atoms with van der Waals surface area (Å²) in [6, 6.07) is 0. The Bertz CT molecular complexity index is 403. The molecular weight excluding hydrogens is 222 g/mol. The molecule has 1 rings (SSSR count). The zero-order valence-electron chi connectivity index (χ0n) is 12.9. The van der Waals surface area contributed by atoms with Gasteiger partial charge in [0.1, 0.15) is 11.6 Å². The van der Waals surface area contributed by atoms with Crippen LogP contribution >= 0.6 is 0 Å². The molecule has 1 heterocycles. The Hall–Kier alpha value is -1.12. The summed E-state index contributed by atoms with van der Waals surface area (Å²) in [4.78, 5) is 9.42. The van der Waals surface area contributed by atoms with E-state index in [9.17, 15) is 0 Å². The van der Waals surface area contributed by atoms with Gasteiger partial charge in [-0.15, -0.1) is 0 Å². The van der Waals surface area contributed by atoms with Crippen molar-refractivity contribution in [3.05, 3.63) is 17.1 Å². The van der Waals surface area contributed by atoms with Crippen LogP contribution in [-0.4, -0.2) is 16.5 Å². The molecule has 102 valence electrons. The van der Waals surface area contributed by atoms with Crippen LogP contribution in [0.25, 0.3) is 0 Å². The number of aryl methyl sites for hydroxylation is 1. The SMILES string of the molecule is CCCNc1nc(C(C)(C)C)nc(C)c1C(C)C. The lowest BCUT2D eigenvalue weighted by atomic mass is 9.94. The van der Waals surface area contributed by atoms with Crippen molar-refractivity contribution in [2.24, 2.45) is 0 Å². The Morgan fingerprint density at radius 2 is 1.78 bits per heavy atom. The van der Waals surface area contributed by atoms with E-state index in [2.05, 4.69) is 58.8 Å². The van der Waals surface area contributed by atoms with Crippen LogP contribution in [0.4, 0.5) is 5.82 Å². The molecule has 0 aromatic carbocycles. The molecule has 1 aromatic heterocycles. The average molecular weight is 249 g/mol. The van der Waals surface area contributed by atoms with E-state index >= 15 is 0 Å². The van der Waals surface area contributed by atoms with Crippen molar-refractivity contribution >= 4 is 5.82 Å². The van der Waals surface area contributed by atoms with Gasteiger partial charge in [-0.25, -0.2) is 9.97 Å². The summed E-state index contributed by atoms with van der Waals surface area (Å²) < 4.78 is 0. The largest absolute Gasteiger partial charge is 0.370 e. The molecule has 0 saturated heterocycles. The highest BCUT2D eigenvalue weighted by molar-refractivity contribution is 5.48. The minimum absolute atomic E-state index is 0.0110. The predicted molar refractivity (Wildman–Crippen MR) is 78.3 cm³/mol. The Morgan fingerprint density at radius 3 is 2.22 bits per heavy atom. The lowest BCUT2D eigenvalue weighted by Gasteiger charge is -2.22. The minimum atomic E-state index is -0.0110. The number of nitrogens with zero attached hydrogens (tertiary/aromatic N) is 2. The number of nitrogens with one attached hydrogen (secondary N) is 1. The van der Waals surface area contributed by atoms with Crippen LogP contribution in [0.1, 0.15) is 71.0 Å². The average Bonchev–Trinajstić information content (AvgIpc) is 2.23. The second-order valence-electron chi connectivity index (χ2n) is 6.23. The van der Waals surface area contributed by atoms with E-state index in [-0.39, 0.29) is 5.41 Å². The Balaban J connectivity index is 3.28. The second-order valence-corrected chi connectivity index (χ2v) is 6.23. The van der Waals surface area contributed by atoms with Gasteiger partial charge >= 0.3 is 0 Å². The molecule has 3 heteroatoms. The molecule has 1 aromatic rings. The van der Waals surface area contributed by atoms with Crippen LogP contribution < -0.4 is 5.32 Å². The van der Waals surface area contributed by atoms with Gasteiger partial charge in [0.2, 0.25) is 0 Å². The van der Waals surface area contributed by atoms with Gasteiger partial charge in [-0.05, 0) is 19.3 Å². The van der Waals surface area contributed by atoms with Gasteiger partial charge in [-0.2, -0.15) is 0 Å². The summed E-state index contributed by atoms with van der Waals surface area (Å²) >= 11 is 0. The molecule has 0 radical (unpaired) electrons. The van der Waals surface area contributed by atoms with Crippen LogP contribution in [0.5, 0.6) is 0 Å². The smallest absolute Gasteiger partial charge is 0.136 e. The van der Waals surface area contributed by atoms with Gasteiger partial charge in [-0.1, -0.05) is 41.5 Å². The molecule has 0 aliphatic heterocycles. The summed E-state index contributed by atoms with van der Waals surface area (Å²) in [6.07, 6.45) is 1.10. The molecular formula is C15H27N3. The first kappa shape index (κ1) is 14.9. The summed E-state index contributed by atoms with van der Waals surface area (Å²) in [5, 5.41) is 3.45. The molecule has 3 nitrogen and oxygen atoms in total. The predicted octanol–water partition coefficient (Wildman–Crippen LogP) is 4.03. The number of aromatic nitrogens is 2. The van der Waals surface area contributed by atoms with Crippen molar-refractivity contribution in [3.8, 4) is 0 Å². The summed E-state index contributed by atoms with van der Waals surface area (Å²) in [7, 11) is 0. The van der Waals surface area contributed by atoms with Gasteiger partial charge in [0.25, 0.3) is 0 Å². The molecule has 0 saturated carbocycles. The lowest BCUT2D eigenvalue weighted by molar-refractivity contribution is 0.541. The lowest BCUT2D eigenvalue weighted by Crippen LogP contribution is -2.20. The highest BCUT2D eigenvalue weighted by Crippen LogP contribution is 2.28. The molecule has 0 amide bonds. The molecule has 0 spiro atoms. The van der Waals surface area contributed by atoms with E-state index in [4.69, 9.17) is 4.98 Å². The van der Waals surface area contributed by atoms with Crippen LogP contribution in [-0.2, 0) is 5.41 Å². The fourth-order valence-electron chi connectivity index (χ4n) is 1.99. The van der Waals surface area contributed by atoms with Crippen molar-refractivity contribution < 1.29 is 0 Å². The third kappa shape index (κ3) is 3.44. The maximum atomic E-state index is 4.74. The maximum Gasteiger partial charge on any atom is 0.136 e. The number of anilines is 1. The Morgan fingerprint density at radius 1 is 1.17 bits per heavy atom. The summed E-state index contributed by atoms with van der Waals surface area (Å²) in [5.74, 6) is 2.38. The van der Waals surface area contributed by atoms with E-state index in [1.165, 1.54) is 5.56 Å². The van der Waals surface area contributed by atoms with E-state index < -0.39 is 0 Å². The maximum absolute atomic E-state index is 4.74. The summed E-state index contributed by atoms with van der Waals surface area (Å²) in [6.45, 7) is 16.1. The topological polar surface area (TPSA) is 37.8 Å². The first-order chi connectivity index (χ1) is 8.27. The van der Waals surface area contributed by atoms with Crippen molar-refractivity contribution in [2.75, 3.05) is 11.9 Å². The molecule has 0 bridgehead atoms. The molecule has 0 fully saturated rings. The van der Waals surface area contributed by atoms with Crippen LogP contribution in [0.15, 0.2) is 0 Å². The standard InChI is InChI=1S/C15H27N3/c1-8-9-16-13-12(10(2)3)11(4)17-14(18-13)15(5,6)7/h10H,8-9H2,1-7H3,(H,16,17,18). The van der Waals surface area contributed by atoms with E-state index in [1.807, 2.05) is 0 Å². The van der Waals surface area contributed by atoms with Crippen molar-refractivity contribution in [2.45, 2.75) is 66.2 Å². The van der Waals surface area contributed by atoms with Crippen molar-refractivity contribution in [1.29, 1.82) is 0 Å².